The summed E-state index contributed by atoms with van der Waals surface area (Å²) < 4.78 is 1.57. The van der Waals surface area contributed by atoms with Crippen LogP contribution in [0, 0.1) is 0 Å². The average molecular weight is 208 g/mol. The number of nitrogens with two attached hydrogens (primary N) is 1. The van der Waals surface area contributed by atoms with Crippen molar-refractivity contribution in [3.05, 3.63) is 18.0 Å². The van der Waals surface area contributed by atoms with Gasteiger partial charge in [0.05, 0.1) is 0 Å². The van der Waals surface area contributed by atoms with Crippen LogP contribution in [0.5, 0.6) is 0 Å². The lowest BCUT2D eigenvalue weighted by atomic mass is 10.2. The quantitative estimate of drug-likeness (QED) is 0.720. The first-order chi connectivity index (χ1) is 7.18. The van der Waals surface area contributed by atoms with Gasteiger partial charge in [-0.25, -0.2) is 0 Å². The number of aromatic nitrogens is 2. The molecule has 5 heteroatoms. The van der Waals surface area contributed by atoms with E-state index in [1.807, 2.05) is 0 Å². The Morgan fingerprint density at radius 1 is 1.67 bits per heavy atom. The lowest BCUT2D eigenvalue weighted by Crippen LogP contribution is -2.44. The number of hydrogen-bond donors (Lipinski definition) is 2. The minimum atomic E-state index is -0.0858. The van der Waals surface area contributed by atoms with E-state index in [-0.39, 0.29) is 18.0 Å². The minimum Gasteiger partial charge on any atom is -0.346 e. The predicted octanol–water partition coefficient (Wildman–Crippen LogP) is 0.0297. The highest BCUT2D eigenvalue weighted by Crippen LogP contribution is 2.17. The van der Waals surface area contributed by atoms with E-state index in [1.54, 1.807) is 24.0 Å². The highest BCUT2D eigenvalue weighted by molar-refractivity contribution is 5.92. The maximum absolute atomic E-state index is 11.8. The molecule has 0 bridgehead atoms. The van der Waals surface area contributed by atoms with E-state index in [9.17, 15) is 4.79 Å². The maximum atomic E-state index is 11.8. The van der Waals surface area contributed by atoms with Gasteiger partial charge in [0.25, 0.3) is 5.91 Å². The smallest absolute Gasteiger partial charge is 0.269 e. The highest BCUT2D eigenvalue weighted by atomic mass is 16.2. The van der Waals surface area contributed by atoms with Crippen LogP contribution in [-0.4, -0.2) is 27.8 Å². The molecule has 5 nitrogen and oxygen atoms in total. The molecule has 2 atom stereocenters. The van der Waals surface area contributed by atoms with Crippen LogP contribution in [-0.2, 0) is 7.05 Å². The maximum Gasteiger partial charge on any atom is 0.269 e. The molecule has 1 aromatic rings. The molecule has 0 saturated heterocycles. The van der Waals surface area contributed by atoms with Gasteiger partial charge in [-0.05, 0) is 25.3 Å². The Balaban J connectivity index is 2.01. The third kappa shape index (κ3) is 2.02. The summed E-state index contributed by atoms with van der Waals surface area (Å²) in [5.74, 6) is -0.0858. The molecule has 2 unspecified atom stereocenters. The number of rotatable bonds is 2. The summed E-state index contributed by atoms with van der Waals surface area (Å²) in [5.41, 5.74) is 6.46. The second kappa shape index (κ2) is 4.02. The third-order valence-electron chi connectivity index (χ3n) is 2.94. The molecule has 1 aromatic heterocycles. The molecular formula is C10H16N4O. The number of hydrogen-bond acceptors (Lipinski definition) is 3. The van der Waals surface area contributed by atoms with Crippen LogP contribution in [0.1, 0.15) is 29.8 Å². The summed E-state index contributed by atoms with van der Waals surface area (Å²) in [7, 11) is 1.75. The van der Waals surface area contributed by atoms with Gasteiger partial charge in [0, 0.05) is 25.3 Å². The number of aryl methyl sites for hydroxylation is 1. The zero-order valence-corrected chi connectivity index (χ0v) is 8.81. The number of amides is 1. The van der Waals surface area contributed by atoms with Crippen molar-refractivity contribution in [1.29, 1.82) is 0 Å². The second-order valence-corrected chi connectivity index (χ2v) is 4.01. The topological polar surface area (TPSA) is 72.9 Å². The molecule has 1 saturated carbocycles. The van der Waals surface area contributed by atoms with E-state index in [4.69, 9.17) is 5.73 Å². The normalized spacial score (nSPS) is 25.5. The van der Waals surface area contributed by atoms with Crippen LogP contribution < -0.4 is 11.1 Å². The molecule has 1 aliphatic rings. The fraction of sp³-hybridized carbons (Fsp3) is 0.600. The monoisotopic (exact) mass is 208 g/mol. The van der Waals surface area contributed by atoms with Crippen molar-refractivity contribution >= 4 is 5.91 Å². The zero-order valence-electron chi connectivity index (χ0n) is 8.81. The zero-order chi connectivity index (χ0) is 10.8. The summed E-state index contributed by atoms with van der Waals surface area (Å²) in [4.78, 5) is 11.8. The summed E-state index contributed by atoms with van der Waals surface area (Å²) in [5, 5.41) is 6.90. The van der Waals surface area contributed by atoms with Crippen molar-refractivity contribution in [2.75, 3.05) is 0 Å². The molecule has 0 radical (unpaired) electrons. The molecule has 0 aromatic carbocycles. The second-order valence-electron chi connectivity index (χ2n) is 4.01. The highest BCUT2D eigenvalue weighted by Gasteiger charge is 2.26. The Bertz CT molecular complexity index is 360. The standard InChI is InChI=1S/C10H16N4O/c1-14-9(5-6-12-14)10(15)13-8-4-2-3-7(8)11/h5-8H,2-4,11H2,1H3,(H,13,15). The molecule has 0 aliphatic heterocycles. The fourth-order valence-electron chi connectivity index (χ4n) is 2.01. The number of carbonyl (C=O) groups is 1. The van der Waals surface area contributed by atoms with Crippen molar-refractivity contribution in [3.8, 4) is 0 Å². The first kappa shape index (κ1) is 10.2. The van der Waals surface area contributed by atoms with Gasteiger partial charge >= 0.3 is 0 Å². The predicted molar refractivity (Wildman–Crippen MR) is 56.3 cm³/mol. The Labute approximate surface area is 88.6 Å². The van der Waals surface area contributed by atoms with Crippen molar-refractivity contribution in [2.24, 2.45) is 12.8 Å². The van der Waals surface area contributed by atoms with Crippen molar-refractivity contribution in [2.45, 2.75) is 31.3 Å². The van der Waals surface area contributed by atoms with Gasteiger partial charge in [0.1, 0.15) is 5.69 Å². The SMILES string of the molecule is Cn1nccc1C(=O)NC1CCCC1N. The summed E-state index contributed by atoms with van der Waals surface area (Å²) in [6.45, 7) is 0. The van der Waals surface area contributed by atoms with E-state index in [0.29, 0.717) is 5.69 Å². The largest absolute Gasteiger partial charge is 0.346 e. The molecule has 3 N–H and O–H groups in total. The number of nitrogens with one attached hydrogen (secondary N) is 1. The van der Waals surface area contributed by atoms with Crippen LogP contribution >= 0.6 is 0 Å². The van der Waals surface area contributed by atoms with Gasteiger partial charge in [0.15, 0.2) is 0 Å². The van der Waals surface area contributed by atoms with Gasteiger partial charge in [-0.2, -0.15) is 5.10 Å². The van der Waals surface area contributed by atoms with E-state index < -0.39 is 0 Å². The molecular weight excluding hydrogens is 192 g/mol. The minimum absolute atomic E-state index is 0.0858. The van der Waals surface area contributed by atoms with Crippen molar-refractivity contribution in [1.82, 2.24) is 15.1 Å². The van der Waals surface area contributed by atoms with Crippen LogP contribution in [0.2, 0.25) is 0 Å². The van der Waals surface area contributed by atoms with Crippen molar-refractivity contribution in [3.63, 3.8) is 0 Å². The Kier molecular flexibility index (Phi) is 2.73. The van der Waals surface area contributed by atoms with Crippen LogP contribution in [0.15, 0.2) is 12.3 Å². The van der Waals surface area contributed by atoms with E-state index in [1.165, 1.54) is 0 Å². The number of carbonyl (C=O) groups excluding carboxylic acids is 1. The summed E-state index contributed by atoms with van der Waals surface area (Å²) in [6, 6.07) is 1.92. The first-order valence-electron chi connectivity index (χ1n) is 5.23. The third-order valence-corrected chi connectivity index (χ3v) is 2.94. The van der Waals surface area contributed by atoms with Gasteiger partial charge in [-0.15, -0.1) is 0 Å². The summed E-state index contributed by atoms with van der Waals surface area (Å²) >= 11 is 0. The summed E-state index contributed by atoms with van der Waals surface area (Å²) in [6.07, 6.45) is 4.68. The molecule has 15 heavy (non-hydrogen) atoms. The average Bonchev–Trinajstić information content (AvgIpc) is 2.76. The van der Waals surface area contributed by atoms with Gasteiger partial charge < -0.3 is 11.1 Å². The van der Waals surface area contributed by atoms with Gasteiger partial charge in [-0.1, -0.05) is 0 Å². The van der Waals surface area contributed by atoms with Gasteiger partial charge in [0.2, 0.25) is 0 Å². The van der Waals surface area contributed by atoms with Crippen molar-refractivity contribution < 1.29 is 4.79 Å². The molecule has 1 aliphatic carbocycles. The molecule has 0 spiro atoms. The Hall–Kier alpha value is -1.36. The van der Waals surface area contributed by atoms with Gasteiger partial charge in [-0.3, -0.25) is 9.48 Å². The lowest BCUT2D eigenvalue weighted by molar-refractivity contribution is 0.0925. The molecule has 1 heterocycles. The van der Waals surface area contributed by atoms with E-state index in [2.05, 4.69) is 10.4 Å². The van der Waals surface area contributed by atoms with E-state index in [0.717, 1.165) is 19.3 Å². The molecule has 2 rings (SSSR count). The van der Waals surface area contributed by atoms with Crippen LogP contribution in [0.4, 0.5) is 0 Å². The number of nitrogens with zero attached hydrogens (tertiary/aromatic N) is 2. The lowest BCUT2D eigenvalue weighted by Gasteiger charge is -2.16. The van der Waals surface area contributed by atoms with Crippen LogP contribution in [0.25, 0.3) is 0 Å². The Morgan fingerprint density at radius 3 is 3.00 bits per heavy atom. The molecule has 82 valence electrons. The van der Waals surface area contributed by atoms with E-state index >= 15 is 0 Å². The molecule has 1 fully saturated rings. The molecule has 1 amide bonds. The Morgan fingerprint density at radius 2 is 2.47 bits per heavy atom. The first-order valence-corrected chi connectivity index (χ1v) is 5.23. The van der Waals surface area contributed by atoms with Crippen LogP contribution in [0.3, 0.4) is 0 Å². The fourth-order valence-corrected chi connectivity index (χ4v) is 2.01.